The topological polar surface area (TPSA) is 58.6 Å². The number of likely N-dealkylation sites (N-methyl/N-ethyl adjacent to an activating group) is 1. The van der Waals surface area contributed by atoms with E-state index in [1.165, 1.54) is 0 Å². The van der Waals surface area contributed by atoms with E-state index in [2.05, 4.69) is 11.9 Å². The molecule has 0 aromatic heterocycles. The second kappa shape index (κ2) is 5.83. The lowest BCUT2D eigenvalue weighted by Crippen LogP contribution is -2.48. The Kier molecular flexibility index (Phi) is 4.26. The van der Waals surface area contributed by atoms with Crippen LogP contribution < -0.4 is 10.2 Å². The van der Waals surface area contributed by atoms with Crippen LogP contribution in [0.15, 0.2) is 30.8 Å². The van der Waals surface area contributed by atoms with Gasteiger partial charge in [0.25, 0.3) is 0 Å². The quantitative estimate of drug-likeness (QED) is 0.867. The van der Waals surface area contributed by atoms with Gasteiger partial charge in [0.05, 0.1) is 5.69 Å². The van der Waals surface area contributed by atoms with Crippen molar-refractivity contribution < 1.29 is 14.3 Å². The number of nitrogens with one attached hydrogen (secondary N) is 1. The molecule has 118 valence electrons. The minimum atomic E-state index is -0.681. The number of carbonyl (C=O) groups is 2. The zero-order valence-corrected chi connectivity index (χ0v) is 13.5. The van der Waals surface area contributed by atoms with E-state index >= 15 is 0 Å². The summed E-state index contributed by atoms with van der Waals surface area (Å²) >= 11 is 0. The summed E-state index contributed by atoms with van der Waals surface area (Å²) in [4.78, 5) is 26.1. The molecule has 1 N–H and O–H groups in total. The molecule has 0 unspecified atom stereocenters. The Bertz CT molecular complexity index is 617. The molecule has 5 nitrogen and oxygen atoms in total. The van der Waals surface area contributed by atoms with E-state index < -0.39 is 17.7 Å². The minimum Gasteiger partial charge on any atom is -0.444 e. The van der Waals surface area contributed by atoms with Crippen LogP contribution in [0.3, 0.4) is 0 Å². The fourth-order valence-corrected chi connectivity index (χ4v) is 2.42. The lowest BCUT2D eigenvalue weighted by Gasteiger charge is -2.24. The normalized spacial score (nSPS) is 18.5. The first-order chi connectivity index (χ1) is 10.2. The highest BCUT2D eigenvalue weighted by atomic mass is 16.6. The zero-order chi connectivity index (χ0) is 16.5. The smallest absolute Gasteiger partial charge is 0.408 e. The maximum absolute atomic E-state index is 12.6. The van der Waals surface area contributed by atoms with Gasteiger partial charge in [-0.1, -0.05) is 24.8 Å². The molecule has 1 heterocycles. The van der Waals surface area contributed by atoms with Gasteiger partial charge in [0.15, 0.2) is 0 Å². The van der Waals surface area contributed by atoms with Gasteiger partial charge < -0.3 is 15.0 Å². The number of amides is 2. The predicted octanol–water partition coefficient (Wildman–Crippen LogP) is 2.96. The van der Waals surface area contributed by atoms with Crippen molar-refractivity contribution >= 4 is 23.3 Å². The highest BCUT2D eigenvalue weighted by Crippen LogP contribution is 2.32. The number of rotatable bonds is 1. The van der Waals surface area contributed by atoms with Gasteiger partial charge in [-0.25, -0.2) is 4.79 Å². The van der Waals surface area contributed by atoms with Gasteiger partial charge in [-0.15, -0.1) is 0 Å². The molecule has 1 aromatic rings. The summed E-state index contributed by atoms with van der Waals surface area (Å²) in [7, 11) is 1.70. The number of carbonyl (C=O) groups excluding carboxylic acids is 2. The Morgan fingerprint density at radius 2 is 2.00 bits per heavy atom. The van der Waals surface area contributed by atoms with Gasteiger partial charge in [-0.2, -0.15) is 0 Å². The van der Waals surface area contributed by atoms with Crippen LogP contribution in [0, 0.1) is 0 Å². The first kappa shape index (κ1) is 16.1. The third kappa shape index (κ3) is 3.47. The lowest BCUT2D eigenvalue weighted by atomic mass is 10.0. The van der Waals surface area contributed by atoms with Crippen LogP contribution in [0.25, 0.3) is 5.57 Å². The van der Waals surface area contributed by atoms with Crippen LogP contribution in [0.5, 0.6) is 0 Å². The number of nitrogens with zero attached hydrogens (tertiary/aromatic N) is 1. The van der Waals surface area contributed by atoms with Crippen molar-refractivity contribution in [3.63, 3.8) is 0 Å². The molecule has 0 saturated carbocycles. The molecule has 5 heteroatoms. The summed E-state index contributed by atoms with van der Waals surface area (Å²) < 4.78 is 5.23. The number of fused-ring (bicyclic) bond motifs is 1. The van der Waals surface area contributed by atoms with Crippen LogP contribution >= 0.6 is 0 Å². The van der Waals surface area contributed by atoms with Crippen molar-refractivity contribution in [3.05, 3.63) is 36.4 Å². The minimum absolute atomic E-state index is 0.183. The van der Waals surface area contributed by atoms with Crippen LogP contribution in [0.4, 0.5) is 10.5 Å². The molecule has 0 radical (unpaired) electrons. The van der Waals surface area contributed by atoms with E-state index in [1.54, 1.807) is 32.7 Å². The van der Waals surface area contributed by atoms with Crippen molar-refractivity contribution in [3.8, 4) is 0 Å². The molecule has 0 bridgehead atoms. The Morgan fingerprint density at radius 1 is 1.36 bits per heavy atom. The van der Waals surface area contributed by atoms with E-state index in [0.29, 0.717) is 6.42 Å². The number of hydrogen-bond acceptors (Lipinski definition) is 3. The van der Waals surface area contributed by atoms with Crippen LogP contribution in [0.1, 0.15) is 32.8 Å². The summed E-state index contributed by atoms with van der Waals surface area (Å²) in [6.45, 7) is 9.39. The first-order valence-electron chi connectivity index (χ1n) is 7.23. The summed E-state index contributed by atoms with van der Waals surface area (Å²) in [6.07, 6.45) is -0.239. The first-order valence-corrected chi connectivity index (χ1v) is 7.23. The molecule has 1 aromatic carbocycles. The SMILES string of the molecule is C=C1C[C@H](NC(=O)OC(C)(C)C)C(=O)N(C)c2ccccc21. The Labute approximate surface area is 130 Å². The van der Waals surface area contributed by atoms with Gasteiger partial charge in [0.2, 0.25) is 5.91 Å². The summed E-state index contributed by atoms with van der Waals surface area (Å²) in [5, 5.41) is 2.65. The average molecular weight is 302 g/mol. The molecular formula is C17H22N2O3. The third-order valence-electron chi connectivity index (χ3n) is 3.42. The second-order valence-corrected chi connectivity index (χ2v) is 6.42. The number of ether oxygens (including phenoxy) is 1. The van der Waals surface area contributed by atoms with Crippen LogP contribution in [0.2, 0.25) is 0 Å². The summed E-state index contributed by atoms with van der Waals surface area (Å²) in [5.74, 6) is -0.183. The number of alkyl carbamates (subject to hydrolysis) is 1. The molecule has 0 spiro atoms. The Hall–Kier alpha value is -2.30. The standard InChI is InChI=1S/C17H22N2O3/c1-11-10-13(18-16(21)22-17(2,3)4)15(20)19(5)14-9-7-6-8-12(11)14/h6-9,13H,1,10H2,2-5H3,(H,18,21)/t13-/m0/s1. The Balaban J connectivity index is 2.21. The third-order valence-corrected chi connectivity index (χ3v) is 3.42. The zero-order valence-electron chi connectivity index (χ0n) is 13.5. The Morgan fingerprint density at radius 3 is 2.64 bits per heavy atom. The van der Waals surface area contributed by atoms with Gasteiger partial charge in [0, 0.05) is 19.0 Å². The monoisotopic (exact) mass is 302 g/mol. The van der Waals surface area contributed by atoms with E-state index in [9.17, 15) is 9.59 Å². The number of anilines is 1. The number of benzene rings is 1. The van der Waals surface area contributed by atoms with E-state index in [-0.39, 0.29) is 5.91 Å². The van der Waals surface area contributed by atoms with Crippen molar-refractivity contribution in [1.82, 2.24) is 5.32 Å². The van der Waals surface area contributed by atoms with Crippen LogP contribution in [-0.4, -0.2) is 30.7 Å². The van der Waals surface area contributed by atoms with Crippen LogP contribution in [-0.2, 0) is 9.53 Å². The largest absolute Gasteiger partial charge is 0.444 e. The molecule has 22 heavy (non-hydrogen) atoms. The predicted molar refractivity (Wildman–Crippen MR) is 86.7 cm³/mol. The van der Waals surface area contributed by atoms with E-state index in [4.69, 9.17) is 4.74 Å². The number of para-hydroxylation sites is 1. The molecule has 1 atom stereocenters. The molecule has 0 fully saturated rings. The molecule has 0 saturated heterocycles. The summed E-state index contributed by atoms with van der Waals surface area (Å²) in [5.41, 5.74) is 1.93. The molecule has 2 amide bonds. The maximum atomic E-state index is 12.6. The number of hydrogen-bond donors (Lipinski definition) is 1. The van der Waals surface area contributed by atoms with Gasteiger partial charge >= 0.3 is 6.09 Å². The second-order valence-electron chi connectivity index (χ2n) is 6.42. The van der Waals surface area contributed by atoms with E-state index in [1.807, 2.05) is 24.3 Å². The summed E-state index contributed by atoms with van der Waals surface area (Å²) in [6, 6.07) is 6.90. The van der Waals surface area contributed by atoms with Crippen molar-refractivity contribution in [2.75, 3.05) is 11.9 Å². The highest BCUT2D eigenvalue weighted by molar-refractivity contribution is 6.03. The molecule has 1 aliphatic heterocycles. The average Bonchev–Trinajstić information content (AvgIpc) is 2.49. The van der Waals surface area contributed by atoms with Gasteiger partial charge in [-0.05, 0) is 32.4 Å². The molecule has 1 aliphatic rings. The van der Waals surface area contributed by atoms with Crippen molar-refractivity contribution in [1.29, 1.82) is 0 Å². The molecule has 2 rings (SSSR count). The van der Waals surface area contributed by atoms with Crippen molar-refractivity contribution in [2.45, 2.75) is 38.8 Å². The lowest BCUT2D eigenvalue weighted by molar-refractivity contribution is -0.120. The fourth-order valence-electron chi connectivity index (χ4n) is 2.42. The fraction of sp³-hybridized carbons (Fsp3) is 0.412. The highest BCUT2D eigenvalue weighted by Gasteiger charge is 2.31. The molecular weight excluding hydrogens is 280 g/mol. The van der Waals surface area contributed by atoms with E-state index in [0.717, 1.165) is 16.8 Å². The van der Waals surface area contributed by atoms with Gasteiger partial charge in [-0.3, -0.25) is 4.79 Å². The maximum Gasteiger partial charge on any atom is 0.408 e. The molecule has 0 aliphatic carbocycles. The van der Waals surface area contributed by atoms with Crippen molar-refractivity contribution in [2.24, 2.45) is 0 Å². The van der Waals surface area contributed by atoms with Gasteiger partial charge in [0.1, 0.15) is 11.6 Å².